The van der Waals surface area contributed by atoms with Crippen molar-refractivity contribution in [2.45, 2.75) is 18.9 Å². The summed E-state index contributed by atoms with van der Waals surface area (Å²) in [5.74, 6) is -0.993. The van der Waals surface area contributed by atoms with Crippen LogP contribution in [0.2, 0.25) is 10.2 Å². The van der Waals surface area contributed by atoms with Crippen molar-refractivity contribution in [1.82, 2.24) is 24.2 Å². The van der Waals surface area contributed by atoms with Crippen LogP contribution in [0.1, 0.15) is 34.1 Å². The molecule has 1 atom stereocenters. The molecular weight excluding hydrogens is 462 g/mol. The third-order valence-electron chi connectivity index (χ3n) is 5.37. The van der Waals surface area contributed by atoms with E-state index in [1.165, 1.54) is 34.1 Å². The number of amides is 2. The maximum atomic E-state index is 13.4. The summed E-state index contributed by atoms with van der Waals surface area (Å²) in [6.45, 7) is 0. The van der Waals surface area contributed by atoms with Gasteiger partial charge < -0.3 is 19.5 Å². The highest BCUT2D eigenvalue weighted by atomic mass is 35.5. The molecule has 0 spiro atoms. The Morgan fingerprint density at radius 3 is 2.72 bits per heavy atom. The number of carbonyl (C=O) groups excluding carboxylic acids is 2. The van der Waals surface area contributed by atoms with Crippen molar-refractivity contribution in [2.24, 2.45) is 14.1 Å². The van der Waals surface area contributed by atoms with Gasteiger partial charge in [0.25, 0.3) is 5.91 Å². The highest BCUT2D eigenvalue weighted by Gasteiger charge is 2.38. The Morgan fingerprint density at radius 1 is 1.31 bits per heavy atom. The van der Waals surface area contributed by atoms with Gasteiger partial charge in [0.05, 0.1) is 11.1 Å². The molecule has 0 fully saturated rings. The smallest absolute Gasteiger partial charge is 0.373 e. The number of aryl methyl sites for hydroxylation is 1. The molecule has 2 heterocycles. The quantitative estimate of drug-likeness (QED) is 0.609. The van der Waals surface area contributed by atoms with E-state index in [9.17, 15) is 14.0 Å². The van der Waals surface area contributed by atoms with Crippen molar-refractivity contribution in [2.75, 3.05) is 12.4 Å². The molecular formula is C20H19Cl2FN6O3. The molecule has 2 aromatic heterocycles. The lowest BCUT2D eigenvalue weighted by Gasteiger charge is -2.23. The zero-order valence-electron chi connectivity index (χ0n) is 17.4. The van der Waals surface area contributed by atoms with Crippen LogP contribution < -0.4 is 10.1 Å². The largest absolute Gasteiger partial charge is 0.417 e. The Hall–Kier alpha value is -3.11. The third-order valence-corrected chi connectivity index (χ3v) is 6.12. The summed E-state index contributed by atoms with van der Waals surface area (Å²) in [6.07, 6.45) is 1.88. The summed E-state index contributed by atoms with van der Waals surface area (Å²) in [6, 6.07) is 3.48. The molecule has 12 heteroatoms. The third kappa shape index (κ3) is 3.91. The molecule has 0 saturated heterocycles. The number of benzene rings is 1. The lowest BCUT2D eigenvalue weighted by molar-refractivity contribution is 0.101. The SMILES string of the molecule is CN(C(=O)Oc1ncn(C)n1)C1CCc2c1c(Cl)n(C)c2C(=O)Nc1ccc(F)c(Cl)c1. The number of nitrogens with one attached hydrogen (secondary N) is 1. The van der Waals surface area contributed by atoms with Crippen molar-refractivity contribution in [3.05, 3.63) is 57.3 Å². The summed E-state index contributed by atoms with van der Waals surface area (Å²) in [4.78, 5) is 30.9. The van der Waals surface area contributed by atoms with Gasteiger partial charge in [-0.3, -0.25) is 9.48 Å². The summed E-state index contributed by atoms with van der Waals surface area (Å²) in [5.41, 5.74) is 2.14. The molecule has 1 aliphatic carbocycles. The fourth-order valence-corrected chi connectivity index (χ4v) is 4.34. The first kappa shape index (κ1) is 22.1. The van der Waals surface area contributed by atoms with E-state index < -0.39 is 17.8 Å². The van der Waals surface area contributed by atoms with Crippen molar-refractivity contribution in [3.8, 4) is 6.01 Å². The van der Waals surface area contributed by atoms with Crippen LogP contribution in [-0.2, 0) is 20.5 Å². The van der Waals surface area contributed by atoms with Gasteiger partial charge in [-0.2, -0.15) is 4.98 Å². The van der Waals surface area contributed by atoms with Gasteiger partial charge in [-0.25, -0.2) is 9.18 Å². The number of halogens is 3. The molecule has 1 N–H and O–H groups in total. The van der Waals surface area contributed by atoms with Crippen LogP contribution in [0.3, 0.4) is 0 Å². The first-order valence-electron chi connectivity index (χ1n) is 9.61. The van der Waals surface area contributed by atoms with Gasteiger partial charge in [0.2, 0.25) is 0 Å². The van der Waals surface area contributed by atoms with E-state index in [0.717, 1.165) is 5.56 Å². The van der Waals surface area contributed by atoms with Crippen molar-refractivity contribution in [3.63, 3.8) is 0 Å². The number of nitrogens with zero attached hydrogens (tertiary/aromatic N) is 5. The van der Waals surface area contributed by atoms with Crippen LogP contribution >= 0.6 is 23.2 Å². The summed E-state index contributed by atoms with van der Waals surface area (Å²) in [5, 5.41) is 6.90. The highest BCUT2D eigenvalue weighted by molar-refractivity contribution is 6.31. The second-order valence-electron chi connectivity index (χ2n) is 7.41. The molecule has 0 bridgehead atoms. The van der Waals surface area contributed by atoms with Gasteiger partial charge in [0.1, 0.15) is 23.0 Å². The number of hydrogen-bond acceptors (Lipinski definition) is 5. The molecule has 1 aliphatic rings. The highest BCUT2D eigenvalue weighted by Crippen LogP contribution is 2.43. The number of anilines is 1. The van der Waals surface area contributed by atoms with Crippen molar-refractivity contribution in [1.29, 1.82) is 0 Å². The molecule has 168 valence electrons. The molecule has 32 heavy (non-hydrogen) atoms. The molecule has 2 amide bonds. The molecule has 9 nitrogen and oxygen atoms in total. The van der Waals surface area contributed by atoms with E-state index >= 15 is 0 Å². The fraction of sp³-hybridized carbons (Fsp3) is 0.300. The predicted molar refractivity (Wildman–Crippen MR) is 116 cm³/mol. The molecule has 0 radical (unpaired) electrons. The topological polar surface area (TPSA) is 94.3 Å². The van der Waals surface area contributed by atoms with E-state index in [4.69, 9.17) is 27.9 Å². The number of aromatic nitrogens is 4. The first-order valence-corrected chi connectivity index (χ1v) is 10.4. The normalized spacial score (nSPS) is 14.9. The van der Waals surface area contributed by atoms with Crippen LogP contribution in [0.5, 0.6) is 6.01 Å². The van der Waals surface area contributed by atoms with Gasteiger partial charge in [-0.05, 0) is 36.6 Å². The molecule has 1 aromatic carbocycles. The van der Waals surface area contributed by atoms with Gasteiger partial charge in [-0.15, -0.1) is 5.10 Å². The fourth-order valence-electron chi connectivity index (χ4n) is 3.83. The van der Waals surface area contributed by atoms with Crippen LogP contribution in [-0.4, -0.2) is 43.3 Å². The maximum Gasteiger partial charge on any atom is 0.417 e. The number of rotatable bonds is 4. The second kappa shape index (κ2) is 8.44. The van der Waals surface area contributed by atoms with E-state index in [2.05, 4.69) is 15.4 Å². The van der Waals surface area contributed by atoms with Gasteiger partial charge in [0.15, 0.2) is 0 Å². The van der Waals surface area contributed by atoms with Crippen LogP contribution in [0.4, 0.5) is 14.9 Å². The molecule has 0 aliphatic heterocycles. The number of carbonyl (C=O) groups is 2. The van der Waals surface area contributed by atoms with E-state index in [1.807, 2.05) is 0 Å². The van der Waals surface area contributed by atoms with Crippen LogP contribution in [0, 0.1) is 5.82 Å². The second-order valence-corrected chi connectivity index (χ2v) is 8.17. The zero-order chi connectivity index (χ0) is 23.2. The van der Waals surface area contributed by atoms with Gasteiger partial charge in [0, 0.05) is 32.4 Å². The lowest BCUT2D eigenvalue weighted by atomic mass is 10.1. The Balaban J connectivity index is 1.58. The number of fused-ring (bicyclic) bond motifs is 1. The number of ether oxygens (including phenoxy) is 1. The summed E-state index contributed by atoms with van der Waals surface area (Å²) in [7, 11) is 4.92. The maximum absolute atomic E-state index is 13.4. The monoisotopic (exact) mass is 480 g/mol. The average molecular weight is 481 g/mol. The van der Waals surface area contributed by atoms with E-state index in [-0.39, 0.29) is 17.1 Å². The minimum absolute atomic E-state index is 0.0558. The molecule has 0 saturated carbocycles. The Bertz CT molecular complexity index is 1220. The Labute approximate surface area is 192 Å². The molecule has 3 aromatic rings. The first-order chi connectivity index (χ1) is 15.2. The Kier molecular flexibility index (Phi) is 5.83. The van der Waals surface area contributed by atoms with Gasteiger partial charge in [-0.1, -0.05) is 23.2 Å². The van der Waals surface area contributed by atoms with Crippen molar-refractivity contribution < 1.29 is 18.7 Å². The molecule has 4 rings (SSSR count). The number of hydrogen-bond donors (Lipinski definition) is 1. The minimum Gasteiger partial charge on any atom is -0.373 e. The standard InChI is InChI=1S/C20H19Cl2FN6O3/c1-27-9-24-19(26-27)32-20(31)28(2)14-7-5-11-15(14)17(22)29(3)16(11)18(30)25-10-4-6-13(23)12(21)8-10/h4,6,8-9,14H,5,7H2,1-3H3,(H,25,30). The lowest BCUT2D eigenvalue weighted by Crippen LogP contribution is -2.33. The van der Waals surface area contributed by atoms with Gasteiger partial charge >= 0.3 is 12.1 Å². The van der Waals surface area contributed by atoms with E-state index in [0.29, 0.717) is 34.9 Å². The Morgan fingerprint density at radius 2 is 2.06 bits per heavy atom. The predicted octanol–water partition coefficient (Wildman–Crippen LogP) is 3.97. The summed E-state index contributed by atoms with van der Waals surface area (Å²) >= 11 is 12.4. The average Bonchev–Trinajstić information content (AvgIpc) is 3.41. The minimum atomic E-state index is -0.638. The van der Waals surface area contributed by atoms with Crippen LogP contribution in [0.15, 0.2) is 24.5 Å². The van der Waals surface area contributed by atoms with E-state index in [1.54, 1.807) is 25.7 Å². The molecule has 1 unspecified atom stereocenters. The van der Waals surface area contributed by atoms with Crippen LogP contribution in [0.25, 0.3) is 0 Å². The van der Waals surface area contributed by atoms with Crippen molar-refractivity contribution >= 4 is 40.9 Å². The zero-order valence-corrected chi connectivity index (χ0v) is 18.9. The summed E-state index contributed by atoms with van der Waals surface area (Å²) < 4.78 is 21.6.